The molecule has 3 rings (SSSR count). The number of carbonyl (C=O) groups is 2. The predicted molar refractivity (Wildman–Crippen MR) is 90.3 cm³/mol. The average molecular weight is 308 g/mol. The summed E-state index contributed by atoms with van der Waals surface area (Å²) in [6, 6.07) is 17.2. The Balaban J connectivity index is 1.59. The van der Waals surface area contributed by atoms with Gasteiger partial charge in [-0.1, -0.05) is 42.5 Å². The van der Waals surface area contributed by atoms with Crippen LogP contribution in [-0.2, 0) is 11.2 Å². The lowest BCUT2D eigenvalue weighted by Crippen LogP contribution is -2.27. The van der Waals surface area contributed by atoms with Crippen LogP contribution in [0.3, 0.4) is 0 Å². The van der Waals surface area contributed by atoms with Crippen molar-refractivity contribution < 1.29 is 9.59 Å². The van der Waals surface area contributed by atoms with Crippen LogP contribution in [0.1, 0.15) is 28.8 Å². The van der Waals surface area contributed by atoms with Gasteiger partial charge in [-0.3, -0.25) is 9.59 Å². The first-order valence-electron chi connectivity index (χ1n) is 7.96. The Morgan fingerprint density at radius 1 is 0.957 bits per heavy atom. The van der Waals surface area contributed by atoms with Gasteiger partial charge in [0.1, 0.15) is 0 Å². The van der Waals surface area contributed by atoms with E-state index in [9.17, 15) is 9.59 Å². The Labute approximate surface area is 135 Å². The van der Waals surface area contributed by atoms with E-state index in [1.54, 1.807) is 18.2 Å². The third-order valence-corrected chi connectivity index (χ3v) is 3.92. The monoisotopic (exact) mass is 308 g/mol. The number of para-hydroxylation sites is 1. The van der Waals surface area contributed by atoms with Crippen molar-refractivity contribution in [3.8, 4) is 0 Å². The van der Waals surface area contributed by atoms with Gasteiger partial charge in [-0.25, -0.2) is 0 Å². The molecule has 0 heterocycles. The highest BCUT2D eigenvalue weighted by molar-refractivity contribution is 6.04. The summed E-state index contributed by atoms with van der Waals surface area (Å²) in [5, 5.41) is 5.78. The second kappa shape index (κ2) is 7.09. The number of hydrogen-bond acceptors (Lipinski definition) is 2. The largest absolute Gasteiger partial charge is 0.352 e. The Morgan fingerprint density at radius 2 is 1.65 bits per heavy atom. The highest BCUT2D eigenvalue weighted by Gasteiger charge is 2.30. The van der Waals surface area contributed by atoms with Crippen LogP contribution in [0.2, 0.25) is 0 Å². The summed E-state index contributed by atoms with van der Waals surface area (Å²) >= 11 is 0. The van der Waals surface area contributed by atoms with Gasteiger partial charge < -0.3 is 10.6 Å². The molecule has 0 radical (unpaired) electrons. The van der Waals surface area contributed by atoms with Gasteiger partial charge in [0.05, 0.1) is 11.3 Å². The predicted octanol–water partition coefficient (Wildman–Crippen LogP) is 3.01. The van der Waals surface area contributed by atoms with Gasteiger partial charge in [0.25, 0.3) is 5.91 Å². The van der Waals surface area contributed by atoms with Crippen LogP contribution in [0.25, 0.3) is 0 Å². The molecule has 0 unspecified atom stereocenters. The smallest absolute Gasteiger partial charge is 0.253 e. The van der Waals surface area contributed by atoms with Gasteiger partial charge in [-0.05, 0) is 37.0 Å². The normalized spacial score (nSPS) is 13.4. The summed E-state index contributed by atoms with van der Waals surface area (Å²) in [5.41, 5.74) is 2.28. The molecular formula is C19H20N2O2. The molecule has 0 aromatic heterocycles. The maximum absolute atomic E-state index is 12.4. The van der Waals surface area contributed by atoms with Crippen molar-refractivity contribution in [2.75, 3.05) is 11.9 Å². The van der Waals surface area contributed by atoms with Crippen molar-refractivity contribution in [2.24, 2.45) is 5.92 Å². The molecule has 2 aromatic carbocycles. The molecule has 118 valence electrons. The van der Waals surface area contributed by atoms with Crippen molar-refractivity contribution in [3.63, 3.8) is 0 Å². The molecule has 2 N–H and O–H groups in total. The summed E-state index contributed by atoms with van der Waals surface area (Å²) in [7, 11) is 0. The third kappa shape index (κ3) is 4.19. The fraction of sp³-hybridized carbons (Fsp3) is 0.263. The zero-order valence-electron chi connectivity index (χ0n) is 12.9. The number of carbonyl (C=O) groups excluding carboxylic acids is 2. The van der Waals surface area contributed by atoms with Crippen molar-refractivity contribution in [3.05, 3.63) is 65.7 Å². The second-order valence-corrected chi connectivity index (χ2v) is 5.80. The first-order valence-corrected chi connectivity index (χ1v) is 7.96. The molecule has 1 fully saturated rings. The highest BCUT2D eigenvalue weighted by atomic mass is 16.2. The topological polar surface area (TPSA) is 58.2 Å². The van der Waals surface area contributed by atoms with Crippen molar-refractivity contribution in [1.29, 1.82) is 0 Å². The first-order chi connectivity index (χ1) is 11.2. The first kappa shape index (κ1) is 15.3. The molecule has 4 nitrogen and oxygen atoms in total. The van der Waals surface area contributed by atoms with Gasteiger partial charge in [-0.15, -0.1) is 0 Å². The molecule has 2 aromatic rings. The summed E-state index contributed by atoms with van der Waals surface area (Å²) < 4.78 is 0. The van der Waals surface area contributed by atoms with E-state index in [2.05, 4.69) is 10.6 Å². The maximum Gasteiger partial charge on any atom is 0.253 e. The molecule has 1 saturated carbocycles. The third-order valence-electron chi connectivity index (χ3n) is 3.92. The Kier molecular flexibility index (Phi) is 4.71. The van der Waals surface area contributed by atoms with Gasteiger partial charge in [0, 0.05) is 12.5 Å². The Bertz CT molecular complexity index is 694. The molecule has 0 bridgehead atoms. The minimum atomic E-state index is -0.160. The molecule has 4 heteroatoms. The summed E-state index contributed by atoms with van der Waals surface area (Å²) in [6.07, 6.45) is 2.66. The zero-order chi connectivity index (χ0) is 16.1. The highest BCUT2D eigenvalue weighted by Crippen LogP contribution is 2.30. The quantitative estimate of drug-likeness (QED) is 0.862. The van der Waals surface area contributed by atoms with Crippen molar-refractivity contribution >= 4 is 17.5 Å². The SMILES string of the molecule is O=C(NCCc1ccccc1)c1ccccc1NC(=O)C1CC1. The standard InChI is InChI=1S/C19H20N2O2/c22-18(15-10-11-15)21-17-9-5-4-8-16(17)19(23)20-13-12-14-6-2-1-3-7-14/h1-9,15H,10-13H2,(H,20,23)(H,21,22). The van der Waals surface area contributed by atoms with Crippen LogP contribution < -0.4 is 10.6 Å². The van der Waals surface area contributed by atoms with E-state index in [0.29, 0.717) is 17.8 Å². The van der Waals surface area contributed by atoms with Gasteiger partial charge in [0.2, 0.25) is 5.91 Å². The van der Waals surface area contributed by atoms with Crippen LogP contribution in [0.15, 0.2) is 54.6 Å². The van der Waals surface area contributed by atoms with E-state index in [4.69, 9.17) is 0 Å². The molecule has 1 aliphatic carbocycles. The number of nitrogens with one attached hydrogen (secondary N) is 2. The molecule has 23 heavy (non-hydrogen) atoms. The van der Waals surface area contributed by atoms with Crippen molar-refractivity contribution in [2.45, 2.75) is 19.3 Å². The fourth-order valence-electron chi connectivity index (χ4n) is 2.43. The van der Waals surface area contributed by atoms with E-state index in [1.165, 1.54) is 5.56 Å². The van der Waals surface area contributed by atoms with Crippen molar-refractivity contribution in [1.82, 2.24) is 5.32 Å². The number of anilines is 1. The zero-order valence-corrected chi connectivity index (χ0v) is 12.9. The number of hydrogen-bond donors (Lipinski definition) is 2. The molecular weight excluding hydrogens is 288 g/mol. The lowest BCUT2D eigenvalue weighted by Gasteiger charge is -2.11. The summed E-state index contributed by atoms with van der Waals surface area (Å²) in [6.45, 7) is 0.563. The second-order valence-electron chi connectivity index (χ2n) is 5.80. The minimum absolute atomic E-state index is 0.00883. The molecule has 0 atom stereocenters. The fourth-order valence-corrected chi connectivity index (χ4v) is 2.43. The number of benzene rings is 2. The Morgan fingerprint density at radius 3 is 2.39 bits per heavy atom. The molecule has 0 saturated heterocycles. The van der Waals surface area contributed by atoms with Gasteiger partial charge in [0.15, 0.2) is 0 Å². The molecule has 2 amide bonds. The van der Waals surface area contributed by atoms with E-state index < -0.39 is 0 Å². The van der Waals surface area contributed by atoms with Gasteiger partial charge in [-0.2, -0.15) is 0 Å². The summed E-state index contributed by atoms with van der Waals surface area (Å²) in [4.78, 5) is 24.3. The van der Waals surface area contributed by atoms with E-state index >= 15 is 0 Å². The molecule has 0 spiro atoms. The summed E-state index contributed by atoms with van der Waals surface area (Å²) in [5.74, 6) is -0.0358. The van der Waals surface area contributed by atoms with E-state index in [1.807, 2.05) is 36.4 Å². The lowest BCUT2D eigenvalue weighted by molar-refractivity contribution is -0.117. The Hall–Kier alpha value is -2.62. The van der Waals surface area contributed by atoms with Crippen LogP contribution >= 0.6 is 0 Å². The van der Waals surface area contributed by atoms with Crippen LogP contribution in [0.4, 0.5) is 5.69 Å². The van der Waals surface area contributed by atoms with E-state index in [0.717, 1.165) is 19.3 Å². The van der Waals surface area contributed by atoms with Crippen LogP contribution in [0, 0.1) is 5.92 Å². The van der Waals surface area contributed by atoms with Gasteiger partial charge >= 0.3 is 0 Å². The number of rotatable bonds is 6. The van der Waals surface area contributed by atoms with Crippen LogP contribution in [0.5, 0.6) is 0 Å². The number of amides is 2. The van der Waals surface area contributed by atoms with E-state index in [-0.39, 0.29) is 17.7 Å². The minimum Gasteiger partial charge on any atom is -0.352 e. The molecule has 1 aliphatic rings. The molecule has 0 aliphatic heterocycles. The average Bonchev–Trinajstić information content (AvgIpc) is 3.41. The maximum atomic E-state index is 12.4. The lowest BCUT2D eigenvalue weighted by atomic mass is 10.1. The van der Waals surface area contributed by atoms with Crippen LogP contribution in [-0.4, -0.2) is 18.4 Å².